The van der Waals surface area contributed by atoms with Gasteiger partial charge in [-0.25, -0.2) is 18.4 Å². The molecule has 8 heteroatoms. The maximum absolute atomic E-state index is 13.2. The molecule has 1 aliphatic heterocycles. The molecular weight excluding hydrogens is 366 g/mol. The second kappa shape index (κ2) is 7.82. The van der Waals surface area contributed by atoms with E-state index in [1.54, 1.807) is 12.1 Å². The van der Waals surface area contributed by atoms with Crippen LogP contribution < -0.4 is 9.47 Å². The third-order valence-electron chi connectivity index (χ3n) is 4.51. The van der Waals surface area contributed by atoms with Crippen molar-refractivity contribution in [2.24, 2.45) is 0 Å². The lowest BCUT2D eigenvalue weighted by Crippen LogP contribution is -2.44. The fraction of sp³-hybridized carbons (Fsp3) is 0.474. The summed E-state index contributed by atoms with van der Waals surface area (Å²) in [7, 11) is -2.21. The van der Waals surface area contributed by atoms with E-state index in [2.05, 4.69) is 9.97 Å². The Bertz CT molecular complexity index is 910. The normalized spacial score (nSPS) is 18.3. The first-order valence-electron chi connectivity index (χ1n) is 8.93. The van der Waals surface area contributed by atoms with Crippen molar-refractivity contribution >= 4 is 10.0 Å². The van der Waals surface area contributed by atoms with Gasteiger partial charge in [-0.05, 0) is 57.4 Å². The number of aryl methyl sites for hydroxylation is 3. The molecule has 0 amide bonds. The van der Waals surface area contributed by atoms with Crippen molar-refractivity contribution in [1.82, 2.24) is 14.3 Å². The van der Waals surface area contributed by atoms with Crippen LogP contribution in [0.3, 0.4) is 0 Å². The SMILES string of the molecule is COc1ccc(C)cc1S(=O)(=O)N1CCCC(Oc2nc(C)cc(C)n2)C1. The van der Waals surface area contributed by atoms with Crippen LogP contribution in [0.25, 0.3) is 0 Å². The van der Waals surface area contributed by atoms with Crippen molar-refractivity contribution in [2.75, 3.05) is 20.2 Å². The first-order chi connectivity index (χ1) is 12.8. The Kier molecular flexibility index (Phi) is 5.67. The topological polar surface area (TPSA) is 81.6 Å². The monoisotopic (exact) mass is 391 g/mol. The zero-order chi connectivity index (χ0) is 19.6. The summed E-state index contributed by atoms with van der Waals surface area (Å²) in [6.07, 6.45) is 1.18. The van der Waals surface area contributed by atoms with Gasteiger partial charge in [-0.3, -0.25) is 0 Å². The van der Waals surface area contributed by atoms with E-state index in [1.165, 1.54) is 11.4 Å². The molecule has 1 atom stereocenters. The lowest BCUT2D eigenvalue weighted by molar-refractivity contribution is 0.118. The maximum Gasteiger partial charge on any atom is 0.317 e. The molecule has 2 heterocycles. The summed E-state index contributed by atoms with van der Waals surface area (Å²) in [5.74, 6) is 0.348. The van der Waals surface area contributed by atoms with Crippen LogP contribution in [0.15, 0.2) is 29.2 Å². The molecule has 1 saturated heterocycles. The zero-order valence-electron chi connectivity index (χ0n) is 16.1. The number of benzene rings is 1. The van der Waals surface area contributed by atoms with Gasteiger partial charge in [-0.15, -0.1) is 0 Å². The predicted molar refractivity (Wildman–Crippen MR) is 102 cm³/mol. The van der Waals surface area contributed by atoms with Gasteiger partial charge < -0.3 is 9.47 Å². The first kappa shape index (κ1) is 19.6. The number of methoxy groups -OCH3 is 1. The third-order valence-corrected chi connectivity index (χ3v) is 6.40. The third kappa shape index (κ3) is 4.39. The van der Waals surface area contributed by atoms with E-state index >= 15 is 0 Å². The van der Waals surface area contributed by atoms with Crippen molar-refractivity contribution in [3.05, 3.63) is 41.2 Å². The van der Waals surface area contributed by atoms with E-state index in [4.69, 9.17) is 9.47 Å². The number of nitrogens with zero attached hydrogens (tertiary/aromatic N) is 3. The maximum atomic E-state index is 13.2. The number of aromatic nitrogens is 2. The van der Waals surface area contributed by atoms with E-state index in [0.717, 1.165) is 23.4 Å². The summed E-state index contributed by atoms with van der Waals surface area (Å²) in [5.41, 5.74) is 2.51. The zero-order valence-corrected chi connectivity index (χ0v) is 16.9. The molecule has 1 aromatic carbocycles. The Labute approximate surface area is 160 Å². The van der Waals surface area contributed by atoms with E-state index in [1.807, 2.05) is 32.9 Å². The minimum absolute atomic E-state index is 0.188. The summed E-state index contributed by atoms with van der Waals surface area (Å²) in [4.78, 5) is 8.77. The van der Waals surface area contributed by atoms with Crippen LogP contribution in [-0.4, -0.2) is 49.0 Å². The summed E-state index contributed by atoms with van der Waals surface area (Å²) >= 11 is 0. The van der Waals surface area contributed by atoms with Crippen LogP contribution in [0.1, 0.15) is 29.8 Å². The van der Waals surface area contributed by atoms with Crippen LogP contribution in [0.5, 0.6) is 11.8 Å². The Morgan fingerprint density at radius 2 is 1.81 bits per heavy atom. The van der Waals surface area contributed by atoms with Gasteiger partial charge in [0, 0.05) is 17.9 Å². The summed E-state index contributed by atoms with van der Waals surface area (Å²) in [5, 5.41) is 0. The Morgan fingerprint density at radius 1 is 1.11 bits per heavy atom. The van der Waals surface area contributed by atoms with Gasteiger partial charge in [0.15, 0.2) is 0 Å². The molecule has 2 aromatic rings. The average molecular weight is 391 g/mol. The molecule has 7 nitrogen and oxygen atoms in total. The fourth-order valence-electron chi connectivity index (χ4n) is 3.24. The molecular formula is C19H25N3O4S. The van der Waals surface area contributed by atoms with Crippen LogP contribution >= 0.6 is 0 Å². The quantitative estimate of drug-likeness (QED) is 0.779. The number of rotatable bonds is 5. The largest absolute Gasteiger partial charge is 0.495 e. The molecule has 0 saturated carbocycles. The van der Waals surface area contributed by atoms with Crippen LogP contribution in [0, 0.1) is 20.8 Å². The van der Waals surface area contributed by atoms with Crippen molar-refractivity contribution in [3.8, 4) is 11.8 Å². The standard InChI is InChI=1S/C19H25N3O4S/c1-13-7-8-17(25-4)18(10-13)27(23,24)22-9-5-6-16(12-22)26-19-20-14(2)11-15(3)21-19/h7-8,10-11,16H,5-6,9,12H2,1-4H3. The van der Waals surface area contributed by atoms with Gasteiger partial charge in [0.2, 0.25) is 10.0 Å². The molecule has 0 bridgehead atoms. The molecule has 1 aromatic heterocycles. The lowest BCUT2D eigenvalue weighted by Gasteiger charge is -2.32. The number of hydrogen-bond donors (Lipinski definition) is 0. The smallest absolute Gasteiger partial charge is 0.317 e. The Morgan fingerprint density at radius 3 is 2.48 bits per heavy atom. The first-order valence-corrected chi connectivity index (χ1v) is 10.4. The molecule has 0 radical (unpaired) electrons. The second-order valence-corrected chi connectivity index (χ2v) is 8.74. The van der Waals surface area contributed by atoms with Gasteiger partial charge in [-0.2, -0.15) is 4.31 Å². The van der Waals surface area contributed by atoms with E-state index in [0.29, 0.717) is 24.7 Å². The van der Waals surface area contributed by atoms with Gasteiger partial charge in [-0.1, -0.05) is 6.07 Å². The molecule has 0 spiro atoms. The van der Waals surface area contributed by atoms with Gasteiger partial charge >= 0.3 is 6.01 Å². The van der Waals surface area contributed by atoms with Crippen LogP contribution in [0.2, 0.25) is 0 Å². The highest BCUT2D eigenvalue weighted by molar-refractivity contribution is 7.89. The minimum atomic E-state index is -3.68. The van der Waals surface area contributed by atoms with Crippen molar-refractivity contribution in [1.29, 1.82) is 0 Å². The highest BCUT2D eigenvalue weighted by Gasteiger charge is 2.33. The fourth-order valence-corrected chi connectivity index (χ4v) is 4.99. The van der Waals surface area contributed by atoms with Gasteiger partial charge in [0.1, 0.15) is 16.7 Å². The Hall–Kier alpha value is -2.19. The van der Waals surface area contributed by atoms with Crippen LogP contribution in [-0.2, 0) is 10.0 Å². The number of sulfonamides is 1. The predicted octanol–water partition coefficient (Wildman–Crippen LogP) is 2.64. The summed E-state index contributed by atoms with van der Waals surface area (Å²) in [6, 6.07) is 7.33. The number of piperidine rings is 1. The molecule has 1 unspecified atom stereocenters. The molecule has 3 rings (SSSR count). The van der Waals surface area contributed by atoms with E-state index in [-0.39, 0.29) is 17.5 Å². The van der Waals surface area contributed by atoms with Crippen molar-refractivity contribution in [3.63, 3.8) is 0 Å². The van der Waals surface area contributed by atoms with Gasteiger partial charge in [0.25, 0.3) is 0 Å². The molecule has 146 valence electrons. The minimum Gasteiger partial charge on any atom is -0.495 e. The second-order valence-electron chi connectivity index (χ2n) is 6.83. The Balaban J connectivity index is 1.82. The highest BCUT2D eigenvalue weighted by atomic mass is 32.2. The summed E-state index contributed by atoms with van der Waals surface area (Å²) < 4.78 is 39.0. The molecule has 27 heavy (non-hydrogen) atoms. The number of hydrogen-bond acceptors (Lipinski definition) is 6. The highest BCUT2D eigenvalue weighted by Crippen LogP contribution is 2.30. The molecule has 1 aliphatic rings. The number of ether oxygens (including phenoxy) is 2. The van der Waals surface area contributed by atoms with Crippen LogP contribution in [0.4, 0.5) is 0 Å². The van der Waals surface area contributed by atoms with Crippen molar-refractivity contribution < 1.29 is 17.9 Å². The molecule has 0 N–H and O–H groups in total. The van der Waals surface area contributed by atoms with Gasteiger partial charge in [0.05, 0.1) is 13.7 Å². The molecule has 1 fully saturated rings. The van der Waals surface area contributed by atoms with Crippen molar-refractivity contribution in [2.45, 2.75) is 44.6 Å². The lowest BCUT2D eigenvalue weighted by atomic mass is 10.1. The summed E-state index contributed by atoms with van der Waals surface area (Å²) in [6.45, 7) is 6.33. The molecule has 0 aliphatic carbocycles. The van der Waals surface area contributed by atoms with E-state index < -0.39 is 10.0 Å². The average Bonchev–Trinajstić information content (AvgIpc) is 2.61. The van der Waals surface area contributed by atoms with E-state index in [9.17, 15) is 8.42 Å².